The van der Waals surface area contributed by atoms with Gasteiger partial charge in [-0.05, 0) is 64.0 Å². The molecule has 1 heterocycles. The maximum absolute atomic E-state index is 12.0. The van der Waals surface area contributed by atoms with Crippen molar-refractivity contribution in [2.45, 2.75) is 70.9 Å². The zero-order valence-electron chi connectivity index (χ0n) is 13.3. The van der Waals surface area contributed by atoms with E-state index in [1.807, 2.05) is 6.92 Å². The zero-order valence-corrected chi connectivity index (χ0v) is 13.3. The standard InChI is InChI=1S/C16H30N2O2/c1-4-20-14(19)16(17)8-6-13(12-16)18-10-5-7-15(2,3)9-11-18/h13H,4-12,17H2,1-3H3. The van der Waals surface area contributed by atoms with Crippen LogP contribution < -0.4 is 5.73 Å². The van der Waals surface area contributed by atoms with Crippen LogP contribution >= 0.6 is 0 Å². The summed E-state index contributed by atoms with van der Waals surface area (Å²) in [5.41, 5.74) is 5.98. The van der Waals surface area contributed by atoms with Gasteiger partial charge in [0.15, 0.2) is 0 Å². The van der Waals surface area contributed by atoms with Crippen LogP contribution in [0.15, 0.2) is 0 Å². The van der Waals surface area contributed by atoms with E-state index in [2.05, 4.69) is 18.7 Å². The number of hydrogen-bond donors (Lipinski definition) is 1. The lowest BCUT2D eigenvalue weighted by molar-refractivity contribution is -0.149. The van der Waals surface area contributed by atoms with E-state index in [4.69, 9.17) is 10.5 Å². The van der Waals surface area contributed by atoms with Gasteiger partial charge in [0, 0.05) is 6.04 Å². The lowest BCUT2D eigenvalue weighted by atomic mass is 9.85. The van der Waals surface area contributed by atoms with Crippen LogP contribution in [-0.4, -0.2) is 42.1 Å². The van der Waals surface area contributed by atoms with Gasteiger partial charge in [0.25, 0.3) is 0 Å². The van der Waals surface area contributed by atoms with Crippen LogP contribution in [0.3, 0.4) is 0 Å². The van der Waals surface area contributed by atoms with Crippen molar-refractivity contribution in [2.75, 3.05) is 19.7 Å². The Hall–Kier alpha value is -0.610. The van der Waals surface area contributed by atoms with E-state index in [-0.39, 0.29) is 5.97 Å². The summed E-state index contributed by atoms with van der Waals surface area (Å²) < 4.78 is 5.14. The van der Waals surface area contributed by atoms with Crippen molar-refractivity contribution in [3.63, 3.8) is 0 Å². The number of carbonyl (C=O) groups excluding carboxylic acids is 1. The maximum atomic E-state index is 12.0. The summed E-state index contributed by atoms with van der Waals surface area (Å²) in [7, 11) is 0. The monoisotopic (exact) mass is 282 g/mol. The Morgan fingerprint density at radius 1 is 1.30 bits per heavy atom. The van der Waals surface area contributed by atoms with E-state index in [0.717, 1.165) is 32.4 Å². The van der Waals surface area contributed by atoms with Crippen LogP contribution in [0.4, 0.5) is 0 Å². The second-order valence-corrected chi connectivity index (χ2v) is 7.33. The van der Waals surface area contributed by atoms with Gasteiger partial charge in [0.2, 0.25) is 0 Å². The molecule has 0 aromatic rings. The van der Waals surface area contributed by atoms with Gasteiger partial charge in [0.1, 0.15) is 5.54 Å². The van der Waals surface area contributed by atoms with Gasteiger partial charge in [0.05, 0.1) is 6.61 Å². The Morgan fingerprint density at radius 2 is 2.05 bits per heavy atom. The molecular weight excluding hydrogens is 252 g/mol. The fourth-order valence-electron chi connectivity index (χ4n) is 3.63. The first-order chi connectivity index (χ1) is 9.36. The van der Waals surface area contributed by atoms with Crippen molar-refractivity contribution < 1.29 is 9.53 Å². The van der Waals surface area contributed by atoms with E-state index >= 15 is 0 Å². The fourth-order valence-corrected chi connectivity index (χ4v) is 3.63. The van der Waals surface area contributed by atoms with E-state index in [1.54, 1.807) is 0 Å². The van der Waals surface area contributed by atoms with Crippen LogP contribution in [-0.2, 0) is 9.53 Å². The summed E-state index contributed by atoms with van der Waals surface area (Å²) in [6.07, 6.45) is 6.32. The van der Waals surface area contributed by atoms with Crippen molar-refractivity contribution in [3.8, 4) is 0 Å². The van der Waals surface area contributed by atoms with Crippen molar-refractivity contribution in [3.05, 3.63) is 0 Å². The molecule has 2 N–H and O–H groups in total. The normalized spacial score (nSPS) is 34.7. The quantitative estimate of drug-likeness (QED) is 0.807. The van der Waals surface area contributed by atoms with Crippen molar-refractivity contribution in [1.82, 2.24) is 4.90 Å². The summed E-state index contributed by atoms with van der Waals surface area (Å²) in [6, 6.07) is 0.457. The molecule has 2 fully saturated rings. The van der Waals surface area contributed by atoms with Gasteiger partial charge in [-0.1, -0.05) is 13.8 Å². The highest BCUT2D eigenvalue weighted by atomic mass is 16.5. The predicted molar refractivity (Wildman–Crippen MR) is 80.4 cm³/mol. The second-order valence-electron chi connectivity index (χ2n) is 7.33. The summed E-state index contributed by atoms with van der Waals surface area (Å²) in [6.45, 7) is 9.25. The molecule has 20 heavy (non-hydrogen) atoms. The molecule has 0 spiro atoms. The third-order valence-corrected chi connectivity index (χ3v) is 5.10. The van der Waals surface area contributed by atoms with Crippen molar-refractivity contribution >= 4 is 5.97 Å². The lowest BCUT2D eigenvalue weighted by Crippen LogP contribution is -2.48. The molecular formula is C16H30N2O2. The molecule has 1 saturated heterocycles. The smallest absolute Gasteiger partial charge is 0.326 e. The first kappa shape index (κ1) is 15.8. The third kappa shape index (κ3) is 3.53. The molecule has 0 radical (unpaired) electrons. The number of esters is 1. The topological polar surface area (TPSA) is 55.6 Å². The summed E-state index contributed by atoms with van der Waals surface area (Å²) >= 11 is 0. The molecule has 2 aliphatic rings. The molecule has 4 nitrogen and oxygen atoms in total. The summed E-state index contributed by atoms with van der Waals surface area (Å²) in [5.74, 6) is -0.211. The number of carbonyl (C=O) groups is 1. The minimum absolute atomic E-state index is 0.211. The highest BCUT2D eigenvalue weighted by Crippen LogP contribution is 2.36. The van der Waals surface area contributed by atoms with E-state index in [0.29, 0.717) is 18.1 Å². The van der Waals surface area contributed by atoms with Gasteiger partial charge in [-0.3, -0.25) is 4.79 Å². The molecule has 1 saturated carbocycles. The molecule has 0 amide bonds. The fraction of sp³-hybridized carbons (Fsp3) is 0.938. The summed E-state index contributed by atoms with van der Waals surface area (Å²) in [5, 5.41) is 0. The molecule has 0 bridgehead atoms. The number of ether oxygens (including phenoxy) is 1. The SMILES string of the molecule is CCOC(=O)C1(N)CCC(N2CCCC(C)(C)CC2)C1. The van der Waals surface area contributed by atoms with Crippen LogP contribution in [0.1, 0.15) is 59.3 Å². The molecule has 116 valence electrons. The molecule has 0 aromatic carbocycles. The second kappa shape index (κ2) is 6.02. The van der Waals surface area contributed by atoms with E-state index in [1.165, 1.54) is 19.3 Å². The summed E-state index contributed by atoms with van der Waals surface area (Å²) in [4.78, 5) is 14.6. The van der Waals surface area contributed by atoms with Crippen LogP contribution in [0, 0.1) is 5.41 Å². The Bertz CT molecular complexity index is 356. The highest BCUT2D eigenvalue weighted by Gasteiger charge is 2.45. The Kier molecular flexibility index (Phi) is 4.75. The predicted octanol–water partition coefficient (Wildman–Crippen LogP) is 2.31. The average molecular weight is 282 g/mol. The number of hydrogen-bond acceptors (Lipinski definition) is 4. The minimum atomic E-state index is -0.748. The van der Waals surface area contributed by atoms with Crippen LogP contribution in [0.5, 0.6) is 0 Å². The zero-order chi connectivity index (χ0) is 14.8. The molecule has 0 aromatic heterocycles. The first-order valence-electron chi connectivity index (χ1n) is 8.06. The largest absolute Gasteiger partial charge is 0.465 e. The molecule has 2 atom stereocenters. The lowest BCUT2D eigenvalue weighted by Gasteiger charge is -2.29. The van der Waals surface area contributed by atoms with E-state index < -0.39 is 5.54 Å². The van der Waals surface area contributed by atoms with Gasteiger partial charge >= 0.3 is 5.97 Å². The van der Waals surface area contributed by atoms with E-state index in [9.17, 15) is 4.79 Å². The Morgan fingerprint density at radius 3 is 2.75 bits per heavy atom. The van der Waals surface area contributed by atoms with Gasteiger partial charge < -0.3 is 15.4 Å². The van der Waals surface area contributed by atoms with Crippen LogP contribution in [0.25, 0.3) is 0 Å². The maximum Gasteiger partial charge on any atom is 0.326 e. The molecule has 2 unspecified atom stereocenters. The Labute approximate surface area is 123 Å². The van der Waals surface area contributed by atoms with Crippen molar-refractivity contribution in [2.24, 2.45) is 11.1 Å². The van der Waals surface area contributed by atoms with Gasteiger partial charge in [-0.25, -0.2) is 0 Å². The molecule has 1 aliphatic heterocycles. The molecule has 2 rings (SSSR count). The average Bonchev–Trinajstić information content (AvgIpc) is 2.68. The first-order valence-corrected chi connectivity index (χ1v) is 8.06. The van der Waals surface area contributed by atoms with Gasteiger partial charge in [-0.15, -0.1) is 0 Å². The van der Waals surface area contributed by atoms with Gasteiger partial charge in [-0.2, -0.15) is 0 Å². The number of nitrogens with zero attached hydrogens (tertiary/aromatic N) is 1. The number of nitrogens with two attached hydrogens (primary N) is 1. The molecule has 1 aliphatic carbocycles. The minimum Gasteiger partial charge on any atom is -0.465 e. The van der Waals surface area contributed by atoms with Crippen LogP contribution in [0.2, 0.25) is 0 Å². The van der Waals surface area contributed by atoms with Crippen molar-refractivity contribution in [1.29, 1.82) is 0 Å². The Balaban J connectivity index is 1.94. The highest BCUT2D eigenvalue weighted by molar-refractivity contribution is 5.81. The number of rotatable bonds is 3. The third-order valence-electron chi connectivity index (χ3n) is 5.10. The molecule has 4 heteroatoms. The number of likely N-dealkylation sites (tertiary alicyclic amines) is 1.